The molecule has 2 aromatic rings. The summed E-state index contributed by atoms with van der Waals surface area (Å²) in [5.41, 5.74) is 2.44. The number of carbonyl (C=O) groups is 1. The van der Waals surface area contributed by atoms with E-state index in [4.69, 9.17) is 9.47 Å². The molecule has 104 valence electrons. The lowest BCUT2D eigenvalue weighted by Gasteiger charge is -2.15. The monoisotopic (exact) mass is 271 g/mol. The van der Waals surface area contributed by atoms with Crippen molar-refractivity contribution in [3.63, 3.8) is 0 Å². The van der Waals surface area contributed by atoms with Crippen molar-refractivity contribution in [3.8, 4) is 22.6 Å². The van der Waals surface area contributed by atoms with Gasteiger partial charge in [-0.25, -0.2) is 0 Å². The van der Waals surface area contributed by atoms with E-state index >= 15 is 0 Å². The van der Waals surface area contributed by atoms with Gasteiger partial charge in [0.15, 0.2) is 0 Å². The molecule has 0 unspecified atom stereocenters. The Morgan fingerprint density at radius 3 is 2.40 bits per heavy atom. The summed E-state index contributed by atoms with van der Waals surface area (Å²) in [5, 5.41) is 11.1. The van der Waals surface area contributed by atoms with E-state index in [2.05, 4.69) is 0 Å². The van der Waals surface area contributed by atoms with E-state index in [1.807, 2.05) is 18.2 Å². The third-order valence-corrected chi connectivity index (χ3v) is 3.25. The van der Waals surface area contributed by atoms with Crippen LogP contribution in [0.15, 0.2) is 36.4 Å². The average Bonchev–Trinajstić information content (AvgIpc) is 2.46. The number of aromatic carboxylic acids is 1. The molecule has 4 nitrogen and oxygen atoms in total. The molecule has 0 fully saturated rings. The topological polar surface area (TPSA) is 58.6 Å². The van der Waals surface area contributed by atoms with Crippen molar-refractivity contribution in [2.75, 3.05) is 14.2 Å². The molecular formula is C16H15O4-. The van der Waals surface area contributed by atoms with E-state index in [1.54, 1.807) is 33.3 Å². The van der Waals surface area contributed by atoms with E-state index in [9.17, 15) is 9.90 Å². The zero-order valence-corrected chi connectivity index (χ0v) is 11.6. The van der Waals surface area contributed by atoms with Crippen LogP contribution in [0.2, 0.25) is 0 Å². The van der Waals surface area contributed by atoms with Crippen LogP contribution in [0.3, 0.4) is 0 Å². The molecule has 0 spiro atoms. The zero-order valence-electron chi connectivity index (χ0n) is 11.6. The number of carbonyl (C=O) groups excluding carboxylic acids is 1. The first-order chi connectivity index (χ1) is 9.58. The minimum atomic E-state index is -1.18. The number of rotatable bonds is 4. The Morgan fingerprint density at radius 1 is 1.05 bits per heavy atom. The fourth-order valence-electron chi connectivity index (χ4n) is 2.17. The van der Waals surface area contributed by atoms with Crippen molar-refractivity contribution < 1.29 is 19.4 Å². The van der Waals surface area contributed by atoms with Gasteiger partial charge in [0.1, 0.15) is 11.5 Å². The number of carboxylic acid groups (broad SMARTS) is 1. The van der Waals surface area contributed by atoms with Crippen molar-refractivity contribution in [2.24, 2.45) is 0 Å². The van der Waals surface area contributed by atoms with Crippen LogP contribution in [0.4, 0.5) is 0 Å². The standard InChI is InChI=1S/C16H16O4/c1-10-12(5-4-6-13(10)16(17)18)14-8-7-11(19-2)9-15(14)20-3/h4-9H,1-3H3,(H,17,18)/p-1. The van der Waals surface area contributed by atoms with Crippen molar-refractivity contribution in [1.29, 1.82) is 0 Å². The maximum Gasteiger partial charge on any atom is 0.130 e. The fraction of sp³-hybridized carbons (Fsp3) is 0.188. The normalized spacial score (nSPS) is 10.2. The molecule has 0 heterocycles. The van der Waals surface area contributed by atoms with E-state index < -0.39 is 5.97 Å². The van der Waals surface area contributed by atoms with Gasteiger partial charge in [-0.2, -0.15) is 0 Å². The van der Waals surface area contributed by atoms with Crippen LogP contribution in [0, 0.1) is 6.92 Å². The predicted molar refractivity (Wildman–Crippen MR) is 74.0 cm³/mol. The van der Waals surface area contributed by atoms with Gasteiger partial charge in [0.2, 0.25) is 0 Å². The molecule has 0 saturated carbocycles. The van der Waals surface area contributed by atoms with Gasteiger partial charge in [-0.3, -0.25) is 0 Å². The van der Waals surface area contributed by atoms with Gasteiger partial charge in [0.05, 0.1) is 20.2 Å². The molecule has 0 aliphatic rings. The second-order valence-corrected chi connectivity index (χ2v) is 4.33. The molecule has 2 aromatic carbocycles. The van der Waals surface area contributed by atoms with Crippen molar-refractivity contribution >= 4 is 5.97 Å². The second-order valence-electron chi connectivity index (χ2n) is 4.33. The molecule has 0 bridgehead atoms. The summed E-state index contributed by atoms with van der Waals surface area (Å²) in [5.74, 6) is 0.124. The summed E-state index contributed by atoms with van der Waals surface area (Å²) in [4.78, 5) is 11.1. The third-order valence-electron chi connectivity index (χ3n) is 3.25. The Labute approximate surface area is 117 Å². The number of hydrogen-bond donors (Lipinski definition) is 0. The van der Waals surface area contributed by atoms with Gasteiger partial charge in [0, 0.05) is 17.2 Å². The molecule has 0 saturated heterocycles. The maximum atomic E-state index is 11.1. The van der Waals surface area contributed by atoms with Crippen LogP contribution in [-0.2, 0) is 0 Å². The van der Waals surface area contributed by atoms with Crippen molar-refractivity contribution in [1.82, 2.24) is 0 Å². The highest BCUT2D eigenvalue weighted by Crippen LogP contribution is 2.35. The van der Waals surface area contributed by atoms with E-state index in [-0.39, 0.29) is 5.56 Å². The zero-order chi connectivity index (χ0) is 14.7. The van der Waals surface area contributed by atoms with Gasteiger partial charge in [0.25, 0.3) is 0 Å². The Kier molecular flexibility index (Phi) is 3.94. The summed E-state index contributed by atoms with van der Waals surface area (Å²) < 4.78 is 10.5. The number of methoxy groups -OCH3 is 2. The van der Waals surface area contributed by atoms with Gasteiger partial charge < -0.3 is 19.4 Å². The van der Waals surface area contributed by atoms with E-state index in [0.29, 0.717) is 17.1 Å². The first-order valence-electron chi connectivity index (χ1n) is 6.12. The molecule has 0 radical (unpaired) electrons. The van der Waals surface area contributed by atoms with Gasteiger partial charge in [-0.1, -0.05) is 18.2 Å². The van der Waals surface area contributed by atoms with E-state index in [1.165, 1.54) is 6.07 Å². The molecular weight excluding hydrogens is 256 g/mol. The van der Waals surface area contributed by atoms with Crippen LogP contribution < -0.4 is 14.6 Å². The first kappa shape index (κ1) is 13.9. The molecule has 0 aliphatic heterocycles. The number of benzene rings is 2. The summed E-state index contributed by atoms with van der Waals surface area (Å²) in [6, 6.07) is 10.5. The van der Waals surface area contributed by atoms with Crippen molar-refractivity contribution in [3.05, 3.63) is 47.5 Å². The highest BCUT2D eigenvalue weighted by atomic mass is 16.5. The van der Waals surface area contributed by atoms with Crippen LogP contribution in [0.25, 0.3) is 11.1 Å². The van der Waals surface area contributed by atoms with Gasteiger partial charge in [-0.05, 0) is 30.2 Å². The highest BCUT2D eigenvalue weighted by molar-refractivity contribution is 5.91. The Hall–Kier alpha value is -2.49. The summed E-state index contributed by atoms with van der Waals surface area (Å²) in [6.45, 7) is 1.75. The molecule has 0 aromatic heterocycles. The second kappa shape index (κ2) is 5.65. The minimum absolute atomic E-state index is 0.181. The number of ether oxygens (including phenoxy) is 2. The smallest absolute Gasteiger partial charge is 0.130 e. The van der Waals surface area contributed by atoms with Crippen LogP contribution in [0.1, 0.15) is 15.9 Å². The number of carboxylic acids is 1. The molecule has 0 atom stereocenters. The SMILES string of the molecule is COc1ccc(-c2cccc(C(=O)[O-])c2C)c(OC)c1. The quantitative estimate of drug-likeness (QED) is 0.854. The maximum absolute atomic E-state index is 11.1. The molecule has 20 heavy (non-hydrogen) atoms. The first-order valence-corrected chi connectivity index (χ1v) is 6.12. The fourth-order valence-corrected chi connectivity index (χ4v) is 2.17. The third kappa shape index (κ3) is 2.45. The molecule has 0 amide bonds. The van der Waals surface area contributed by atoms with Crippen molar-refractivity contribution in [2.45, 2.75) is 6.92 Å². The lowest BCUT2D eigenvalue weighted by molar-refractivity contribution is -0.255. The van der Waals surface area contributed by atoms with Crippen LogP contribution in [0.5, 0.6) is 11.5 Å². The Morgan fingerprint density at radius 2 is 1.80 bits per heavy atom. The molecule has 0 N–H and O–H groups in total. The summed E-state index contributed by atoms with van der Waals surface area (Å²) >= 11 is 0. The largest absolute Gasteiger partial charge is 0.545 e. The average molecular weight is 271 g/mol. The summed E-state index contributed by atoms with van der Waals surface area (Å²) in [7, 11) is 3.15. The Bertz CT molecular complexity index is 647. The van der Waals surface area contributed by atoms with Gasteiger partial charge >= 0.3 is 0 Å². The number of hydrogen-bond acceptors (Lipinski definition) is 4. The predicted octanol–water partition coefficient (Wildman–Crippen LogP) is 2.04. The molecule has 0 aliphatic carbocycles. The van der Waals surface area contributed by atoms with Crippen LogP contribution in [-0.4, -0.2) is 20.2 Å². The minimum Gasteiger partial charge on any atom is -0.545 e. The molecule has 2 rings (SSSR count). The highest BCUT2D eigenvalue weighted by Gasteiger charge is 2.12. The Balaban J connectivity index is 2.62. The molecule has 4 heteroatoms. The lowest BCUT2D eigenvalue weighted by atomic mass is 9.95. The lowest BCUT2D eigenvalue weighted by Crippen LogP contribution is -2.23. The van der Waals surface area contributed by atoms with Crippen LogP contribution >= 0.6 is 0 Å². The summed E-state index contributed by atoms with van der Waals surface area (Å²) in [6.07, 6.45) is 0. The van der Waals surface area contributed by atoms with E-state index in [0.717, 1.165) is 11.1 Å². The van der Waals surface area contributed by atoms with Gasteiger partial charge in [-0.15, -0.1) is 0 Å².